The Morgan fingerprint density at radius 3 is 1.93 bits per heavy atom. The Balaban J connectivity index is 1.55. The lowest BCUT2D eigenvalue weighted by Gasteiger charge is -2.29. The molecule has 27 heavy (non-hydrogen) atoms. The van der Waals surface area contributed by atoms with E-state index in [0.29, 0.717) is 12.6 Å². The molecule has 0 spiro atoms. The van der Waals surface area contributed by atoms with Crippen molar-refractivity contribution < 1.29 is 4.74 Å². The van der Waals surface area contributed by atoms with Gasteiger partial charge in [-0.1, -0.05) is 60.7 Å². The average Bonchev–Trinajstić information content (AvgIpc) is 2.71. The predicted molar refractivity (Wildman–Crippen MR) is 114 cm³/mol. The first-order valence-corrected chi connectivity index (χ1v) is 9.80. The molecule has 2 nitrogen and oxygen atoms in total. The van der Waals surface area contributed by atoms with Gasteiger partial charge in [0.1, 0.15) is 12.4 Å². The van der Waals surface area contributed by atoms with Gasteiger partial charge in [0.25, 0.3) is 0 Å². The summed E-state index contributed by atoms with van der Waals surface area (Å²) in [6.07, 6.45) is 2.26. The molecule has 0 N–H and O–H groups in total. The second-order valence-corrected chi connectivity index (χ2v) is 7.14. The van der Waals surface area contributed by atoms with Crippen LogP contribution in [0, 0.1) is 0 Å². The molecule has 0 aliphatic rings. The highest BCUT2D eigenvalue weighted by atomic mass is 16.5. The van der Waals surface area contributed by atoms with Gasteiger partial charge in [-0.3, -0.25) is 0 Å². The first kappa shape index (κ1) is 19.0. The predicted octanol–water partition coefficient (Wildman–Crippen LogP) is 6.11. The molecule has 0 unspecified atom stereocenters. The Morgan fingerprint density at radius 2 is 1.33 bits per heavy atom. The van der Waals surface area contributed by atoms with Crippen LogP contribution in [0.1, 0.15) is 31.4 Å². The lowest BCUT2D eigenvalue weighted by Crippen LogP contribution is -2.31. The van der Waals surface area contributed by atoms with Crippen LogP contribution in [0.15, 0.2) is 84.9 Å². The maximum atomic E-state index is 5.91. The highest BCUT2D eigenvalue weighted by Crippen LogP contribution is 2.22. The van der Waals surface area contributed by atoms with Gasteiger partial charge in [-0.25, -0.2) is 0 Å². The summed E-state index contributed by atoms with van der Waals surface area (Å²) in [4.78, 5) is 2.46. The third kappa shape index (κ3) is 5.89. The summed E-state index contributed by atoms with van der Waals surface area (Å²) in [5.74, 6) is 0.913. The zero-order chi connectivity index (χ0) is 18.9. The molecule has 0 saturated heterocycles. The zero-order valence-electron chi connectivity index (χ0n) is 16.3. The van der Waals surface area contributed by atoms with Gasteiger partial charge in [0.05, 0.1) is 0 Å². The molecule has 2 heteroatoms. The molecule has 0 radical (unpaired) electrons. The fraction of sp³-hybridized carbons (Fsp3) is 0.280. The molecule has 0 fully saturated rings. The van der Waals surface area contributed by atoms with E-state index in [0.717, 1.165) is 25.1 Å². The number of nitrogens with zero attached hydrogens (tertiary/aromatic N) is 1. The lowest BCUT2D eigenvalue weighted by atomic mass is 10.1. The summed E-state index contributed by atoms with van der Waals surface area (Å²) in [5.41, 5.74) is 3.85. The standard InChI is InChI=1S/C25H29NO/c1-21(2)26(19-9-14-22-10-5-3-6-11-22)24-15-17-25(18-16-24)27-20-23-12-7-4-8-13-23/h3-8,10-13,15-18,21H,9,14,19-20H2,1-2H3. The summed E-state index contributed by atoms with van der Waals surface area (Å²) in [7, 11) is 0. The number of rotatable bonds is 9. The molecule has 0 aliphatic heterocycles. The van der Waals surface area contributed by atoms with Crippen LogP contribution < -0.4 is 9.64 Å². The molecule has 3 rings (SSSR count). The van der Waals surface area contributed by atoms with Crippen molar-refractivity contribution in [2.45, 2.75) is 39.3 Å². The van der Waals surface area contributed by atoms with Crippen molar-refractivity contribution in [3.63, 3.8) is 0 Å². The Hall–Kier alpha value is -2.74. The van der Waals surface area contributed by atoms with Crippen molar-refractivity contribution in [1.29, 1.82) is 0 Å². The maximum absolute atomic E-state index is 5.91. The Bertz CT molecular complexity index is 782. The van der Waals surface area contributed by atoms with Crippen molar-refractivity contribution in [1.82, 2.24) is 0 Å². The van der Waals surface area contributed by atoms with E-state index >= 15 is 0 Å². The normalized spacial score (nSPS) is 10.8. The van der Waals surface area contributed by atoms with Crippen LogP contribution >= 0.6 is 0 Å². The fourth-order valence-corrected chi connectivity index (χ4v) is 3.26. The van der Waals surface area contributed by atoms with Crippen molar-refractivity contribution in [3.05, 3.63) is 96.1 Å². The number of aryl methyl sites for hydroxylation is 1. The lowest BCUT2D eigenvalue weighted by molar-refractivity contribution is 0.306. The minimum absolute atomic E-state index is 0.469. The maximum Gasteiger partial charge on any atom is 0.119 e. The van der Waals surface area contributed by atoms with Crippen LogP contribution in [0.4, 0.5) is 5.69 Å². The van der Waals surface area contributed by atoms with Crippen molar-refractivity contribution in [2.75, 3.05) is 11.4 Å². The van der Waals surface area contributed by atoms with E-state index in [1.54, 1.807) is 0 Å². The van der Waals surface area contributed by atoms with Crippen LogP contribution in [0.25, 0.3) is 0 Å². The van der Waals surface area contributed by atoms with Crippen LogP contribution in [0.5, 0.6) is 5.75 Å². The molecule has 0 atom stereocenters. The molecule has 0 heterocycles. The summed E-state index contributed by atoms with van der Waals surface area (Å²) < 4.78 is 5.91. The van der Waals surface area contributed by atoms with Gasteiger partial charge in [0, 0.05) is 18.3 Å². The molecule has 0 saturated carbocycles. The Labute approximate surface area is 163 Å². The van der Waals surface area contributed by atoms with Crippen LogP contribution in [-0.2, 0) is 13.0 Å². The number of hydrogen-bond donors (Lipinski definition) is 0. The van der Waals surface area contributed by atoms with E-state index in [1.165, 1.54) is 16.8 Å². The Kier molecular flexibility index (Phi) is 6.92. The SMILES string of the molecule is CC(C)N(CCCc1ccccc1)c1ccc(OCc2ccccc2)cc1. The van der Waals surface area contributed by atoms with Gasteiger partial charge in [-0.15, -0.1) is 0 Å². The van der Waals surface area contributed by atoms with E-state index in [4.69, 9.17) is 4.74 Å². The number of hydrogen-bond acceptors (Lipinski definition) is 2. The number of benzene rings is 3. The first-order chi connectivity index (χ1) is 13.2. The van der Waals surface area contributed by atoms with Crippen LogP contribution in [0.2, 0.25) is 0 Å². The molecule has 3 aromatic rings. The van der Waals surface area contributed by atoms with Crippen molar-refractivity contribution in [3.8, 4) is 5.75 Å². The highest BCUT2D eigenvalue weighted by Gasteiger charge is 2.10. The molecule has 140 valence electrons. The summed E-state index contributed by atoms with van der Waals surface area (Å²) in [6.45, 7) is 6.16. The van der Waals surface area contributed by atoms with Gasteiger partial charge in [0.2, 0.25) is 0 Å². The first-order valence-electron chi connectivity index (χ1n) is 9.80. The summed E-state index contributed by atoms with van der Waals surface area (Å²) in [6, 6.07) is 29.9. The second kappa shape index (κ2) is 9.82. The third-order valence-corrected chi connectivity index (χ3v) is 4.75. The largest absolute Gasteiger partial charge is 0.489 e. The molecule has 0 aromatic heterocycles. The van der Waals surface area contributed by atoms with E-state index in [-0.39, 0.29) is 0 Å². The third-order valence-electron chi connectivity index (χ3n) is 4.75. The number of ether oxygens (including phenoxy) is 1. The molecule has 0 bridgehead atoms. The Morgan fingerprint density at radius 1 is 0.741 bits per heavy atom. The minimum atomic E-state index is 0.469. The van der Waals surface area contributed by atoms with E-state index in [2.05, 4.69) is 85.5 Å². The van der Waals surface area contributed by atoms with Gasteiger partial charge in [-0.05, 0) is 62.1 Å². The van der Waals surface area contributed by atoms with Gasteiger partial charge < -0.3 is 9.64 Å². The smallest absolute Gasteiger partial charge is 0.119 e. The van der Waals surface area contributed by atoms with Gasteiger partial charge >= 0.3 is 0 Å². The number of anilines is 1. The second-order valence-electron chi connectivity index (χ2n) is 7.14. The van der Waals surface area contributed by atoms with Crippen LogP contribution in [-0.4, -0.2) is 12.6 Å². The molecular formula is C25H29NO. The van der Waals surface area contributed by atoms with E-state index in [1.807, 2.05) is 18.2 Å². The minimum Gasteiger partial charge on any atom is -0.489 e. The molecule has 0 amide bonds. The highest BCUT2D eigenvalue weighted by molar-refractivity contribution is 5.49. The van der Waals surface area contributed by atoms with Gasteiger partial charge in [-0.2, -0.15) is 0 Å². The zero-order valence-corrected chi connectivity index (χ0v) is 16.3. The van der Waals surface area contributed by atoms with Crippen molar-refractivity contribution >= 4 is 5.69 Å². The molecule has 3 aromatic carbocycles. The monoisotopic (exact) mass is 359 g/mol. The quantitative estimate of drug-likeness (QED) is 0.457. The summed E-state index contributed by atoms with van der Waals surface area (Å²) in [5, 5.41) is 0. The topological polar surface area (TPSA) is 12.5 Å². The van der Waals surface area contributed by atoms with Crippen molar-refractivity contribution in [2.24, 2.45) is 0 Å². The van der Waals surface area contributed by atoms with Gasteiger partial charge in [0.15, 0.2) is 0 Å². The summed E-state index contributed by atoms with van der Waals surface area (Å²) >= 11 is 0. The molecule has 0 aliphatic carbocycles. The average molecular weight is 360 g/mol. The van der Waals surface area contributed by atoms with Crippen LogP contribution in [0.3, 0.4) is 0 Å². The molecular weight excluding hydrogens is 330 g/mol. The van der Waals surface area contributed by atoms with E-state index < -0.39 is 0 Å². The fourth-order valence-electron chi connectivity index (χ4n) is 3.26. The van der Waals surface area contributed by atoms with E-state index in [9.17, 15) is 0 Å².